The predicted molar refractivity (Wildman–Crippen MR) is 110 cm³/mol. The second-order valence-electron chi connectivity index (χ2n) is 6.93. The fourth-order valence-electron chi connectivity index (χ4n) is 3.37. The molecule has 0 aliphatic rings. The lowest BCUT2D eigenvalue weighted by Crippen LogP contribution is -2.33. The van der Waals surface area contributed by atoms with Gasteiger partial charge in [0.15, 0.2) is 0 Å². The van der Waals surface area contributed by atoms with Crippen LogP contribution in [0.2, 0.25) is 0 Å². The second-order valence-corrected chi connectivity index (χ2v) is 6.93. The molecule has 0 aliphatic heterocycles. The number of carbonyl (C=O) groups is 1. The summed E-state index contributed by atoms with van der Waals surface area (Å²) in [5, 5.41) is 3.34. The first-order chi connectivity index (χ1) is 14.5. The molecule has 0 aliphatic carbocycles. The number of nitrogens with zero attached hydrogens (tertiary/aromatic N) is 4. The maximum atomic E-state index is 14.4. The number of rotatable bonds is 6. The van der Waals surface area contributed by atoms with Crippen molar-refractivity contribution in [1.29, 1.82) is 0 Å². The normalized spacial score (nSPS) is 12.1. The van der Waals surface area contributed by atoms with E-state index in [0.29, 0.717) is 22.3 Å². The Morgan fingerprint density at radius 3 is 2.67 bits per heavy atom. The molecule has 2 aromatic carbocycles. The highest BCUT2D eigenvalue weighted by Crippen LogP contribution is 2.23. The Hall–Kier alpha value is -3.81. The number of aromatic nitrogens is 4. The van der Waals surface area contributed by atoms with Gasteiger partial charge in [0.25, 0.3) is 5.56 Å². The average Bonchev–Trinajstić information content (AvgIpc) is 3.18. The lowest BCUT2D eigenvalue weighted by molar-refractivity contribution is -0.121. The van der Waals surface area contributed by atoms with E-state index in [4.69, 9.17) is 0 Å². The Kier molecular flexibility index (Phi) is 5.38. The van der Waals surface area contributed by atoms with E-state index in [0.717, 1.165) is 0 Å². The van der Waals surface area contributed by atoms with E-state index < -0.39 is 11.9 Å². The van der Waals surface area contributed by atoms with Crippen LogP contribution in [0.15, 0.2) is 72.0 Å². The summed E-state index contributed by atoms with van der Waals surface area (Å²) in [7, 11) is 1.78. The Bertz CT molecular complexity index is 1260. The van der Waals surface area contributed by atoms with Crippen LogP contribution < -0.4 is 10.9 Å². The Morgan fingerprint density at radius 2 is 1.90 bits per heavy atom. The summed E-state index contributed by atoms with van der Waals surface area (Å²) >= 11 is 0. The van der Waals surface area contributed by atoms with Crippen molar-refractivity contribution >= 4 is 16.8 Å². The van der Waals surface area contributed by atoms with Crippen molar-refractivity contribution in [2.24, 2.45) is 7.05 Å². The van der Waals surface area contributed by atoms with Crippen molar-refractivity contribution < 1.29 is 9.18 Å². The highest BCUT2D eigenvalue weighted by atomic mass is 19.1. The van der Waals surface area contributed by atoms with Crippen molar-refractivity contribution in [3.05, 3.63) is 94.8 Å². The van der Waals surface area contributed by atoms with Crippen molar-refractivity contribution in [3.8, 4) is 0 Å². The molecule has 0 saturated heterocycles. The van der Waals surface area contributed by atoms with Crippen molar-refractivity contribution in [2.45, 2.75) is 19.0 Å². The van der Waals surface area contributed by atoms with Crippen LogP contribution in [-0.4, -0.2) is 25.0 Å². The third kappa shape index (κ3) is 3.84. The molecule has 4 aromatic rings. The van der Waals surface area contributed by atoms with Crippen LogP contribution in [0.5, 0.6) is 0 Å². The van der Waals surface area contributed by atoms with Crippen LogP contribution in [-0.2, 0) is 18.4 Å². The summed E-state index contributed by atoms with van der Waals surface area (Å²) in [6.45, 7) is 0.160. The summed E-state index contributed by atoms with van der Waals surface area (Å²) in [5.74, 6) is -0.245. The third-order valence-electron chi connectivity index (χ3n) is 4.95. The fourth-order valence-corrected chi connectivity index (χ4v) is 3.37. The Balaban J connectivity index is 1.54. The molecular weight excluding hydrogens is 385 g/mol. The Labute approximate surface area is 171 Å². The lowest BCUT2D eigenvalue weighted by atomic mass is 10.1. The second kappa shape index (κ2) is 8.28. The number of carbonyl (C=O) groups excluding carboxylic acids is 1. The highest BCUT2D eigenvalue weighted by Gasteiger charge is 2.23. The topological polar surface area (TPSA) is 81.8 Å². The van der Waals surface area contributed by atoms with Crippen LogP contribution in [0.4, 0.5) is 4.39 Å². The molecule has 2 heterocycles. The van der Waals surface area contributed by atoms with Crippen molar-refractivity contribution in [3.63, 3.8) is 0 Å². The summed E-state index contributed by atoms with van der Waals surface area (Å²) in [5.41, 5.74) is 0.727. The van der Waals surface area contributed by atoms with E-state index in [9.17, 15) is 14.0 Å². The van der Waals surface area contributed by atoms with Crippen LogP contribution in [0, 0.1) is 5.82 Å². The number of hydrogen-bond acceptors (Lipinski definition) is 4. The maximum absolute atomic E-state index is 14.4. The highest BCUT2D eigenvalue weighted by molar-refractivity contribution is 5.78. The molecular formula is C22H20FN5O2. The van der Waals surface area contributed by atoms with E-state index >= 15 is 0 Å². The van der Waals surface area contributed by atoms with Gasteiger partial charge in [0, 0.05) is 38.0 Å². The minimum Gasteiger partial charge on any atom is -0.342 e. The molecule has 0 fully saturated rings. The Morgan fingerprint density at radius 1 is 1.13 bits per heavy atom. The summed E-state index contributed by atoms with van der Waals surface area (Å²) < 4.78 is 17.6. The lowest BCUT2D eigenvalue weighted by Gasteiger charge is -2.20. The molecule has 1 amide bonds. The zero-order chi connectivity index (χ0) is 21.1. The fraction of sp³-hybridized carbons (Fsp3) is 0.182. The molecule has 1 N–H and O–H groups in total. The van der Waals surface area contributed by atoms with Gasteiger partial charge in [-0.25, -0.2) is 14.4 Å². The van der Waals surface area contributed by atoms with Gasteiger partial charge < -0.3 is 9.88 Å². The van der Waals surface area contributed by atoms with Gasteiger partial charge in [0.1, 0.15) is 17.7 Å². The van der Waals surface area contributed by atoms with Gasteiger partial charge in [0.05, 0.1) is 17.2 Å². The number of hydrogen-bond donors (Lipinski definition) is 1. The number of halogens is 1. The standard InChI is InChI=1S/C22H20FN5O2/c1-27-13-11-24-21(27)20(15-6-2-4-8-17(15)23)26-19(29)10-12-28-14-25-18-9-5-3-7-16(18)22(28)30/h2-9,11,13-14,20H,10,12H2,1H3,(H,26,29). The first-order valence-electron chi connectivity index (χ1n) is 9.50. The van der Waals surface area contributed by atoms with Crippen molar-refractivity contribution in [2.75, 3.05) is 0 Å². The molecule has 0 spiro atoms. The van der Waals surface area contributed by atoms with Crippen LogP contribution in [0.25, 0.3) is 10.9 Å². The molecule has 7 nitrogen and oxygen atoms in total. The number of benzene rings is 2. The zero-order valence-electron chi connectivity index (χ0n) is 16.3. The van der Waals surface area contributed by atoms with Gasteiger partial charge >= 0.3 is 0 Å². The van der Waals surface area contributed by atoms with Crippen molar-refractivity contribution in [1.82, 2.24) is 24.4 Å². The molecule has 152 valence electrons. The minimum atomic E-state index is -0.745. The van der Waals surface area contributed by atoms with Gasteiger partial charge in [-0.15, -0.1) is 0 Å². The quantitative estimate of drug-likeness (QED) is 0.535. The number of aryl methyl sites for hydroxylation is 2. The van der Waals surface area contributed by atoms with Crippen LogP contribution in [0.1, 0.15) is 23.9 Å². The number of amides is 1. The number of imidazole rings is 1. The largest absolute Gasteiger partial charge is 0.342 e. The van der Waals surface area contributed by atoms with Gasteiger partial charge in [-0.1, -0.05) is 30.3 Å². The van der Waals surface area contributed by atoms with Gasteiger partial charge in [-0.3, -0.25) is 14.2 Å². The summed E-state index contributed by atoms with van der Waals surface area (Å²) in [6.07, 6.45) is 4.80. The summed E-state index contributed by atoms with van der Waals surface area (Å²) in [4.78, 5) is 33.8. The molecule has 0 saturated carbocycles. The molecule has 2 aromatic heterocycles. The van der Waals surface area contributed by atoms with E-state index in [-0.39, 0.29) is 24.4 Å². The average molecular weight is 405 g/mol. The van der Waals surface area contributed by atoms with Gasteiger partial charge in [-0.05, 0) is 18.2 Å². The van der Waals surface area contributed by atoms with Crippen LogP contribution >= 0.6 is 0 Å². The third-order valence-corrected chi connectivity index (χ3v) is 4.95. The number of fused-ring (bicyclic) bond motifs is 1. The van der Waals surface area contributed by atoms with Gasteiger partial charge in [0.2, 0.25) is 5.91 Å². The summed E-state index contributed by atoms with van der Waals surface area (Å²) in [6, 6.07) is 12.6. The molecule has 30 heavy (non-hydrogen) atoms. The maximum Gasteiger partial charge on any atom is 0.261 e. The monoisotopic (exact) mass is 405 g/mol. The van der Waals surface area contributed by atoms with E-state index in [1.807, 2.05) is 6.07 Å². The first kappa shape index (κ1) is 19.5. The van der Waals surface area contributed by atoms with E-state index in [2.05, 4.69) is 15.3 Å². The number of para-hydroxylation sites is 1. The number of nitrogens with one attached hydrogen (secondary N) is 1. The molecule has 1 unspecified atom stereocenters. The zero-order valence-corrected chi connectivity index (χ0v) is 16.3. The predicted octanol–water partition coefficient (Wildman–Crippen LogP) is 2.56. The molecule has 1 atom stereocenters. The first-order valence-corrected chi connectivity index (χ1v) is 9.50. The van der Waals surface area contributed by atoms with E-state index in [1.165, 1.54) is 17.0 Å². The minimum absolute atomic E-state index is 0.0370. The van der Waals surface area contributed by atoms with Crippen LogP contribution in [0.3, 0.4) is 0 Å². The molecule has 8 heteroatoms. The van der Waals surface area contributed by atoms with E-state index in [1.54, 1.807) is 60.4 Å². The SMILES string of the molecule is Cn1ccnc1C(NC(=O)CCn1cnc2ccccc2c1=O)c1ccccc1F. The molecule has 4 rings (SSSR count). The molecule has 0 bridgehead atoms. The molecule has 0 radical (unpaired) electrons. The van der Waals surface area contributed by atoms with Gasteiger partial charge in [-0.2, -0.15) is 0 Å². The smallest absolute Gasteiger partial charge is 0.261 e.